The van der Waals surface area contributed by atoms with Gasteiger partial charge in [0.05, 0.1) is 6.04 Å². The van der Waals surface area contributed by atoms with E-state index >= 15 is 0 Å². The third-order valence-corrected chi connectivity index (χ3v) is 5.56. The summed E-state index contributed by atoms with van der Waals surface area (Å²) in [6, 6.07) is -0.398. The van der Waals surface area contributed by atoms with Crippen LogP contribution in [-0.2, 0) is 9.59 Å². The predicted molar refractivity (Wildman–Crippen MR) is 122 cm³/mol. The Kier molecular flexibility index (Phi) is 20.4. The summed E-state index contributed by atoms with van der Waals surface area (Å²) < 4.78 is 2.60. The molecule has 1 unspecified atom stereocenters. The van der Waals surface area contributed by atoms with E-state index in [0.29, 0.717) is 19.4 Å². The minimum Gasteiger partial charge on any atom is -0.368 e. The SMILES string of the molecule is CCCCCCCCCCCCCCCC(=O)NCCCCC(NS)C(N)=O. The zero-order valence-corrected chi connectivity index (χ0v) is 19.0. The number of primary amides is 1. The van der Waals surface area contributed by atoms with E-state index in [0.717, 1.165) is 25.7 Å². The number of hydrogen-bond acceptors (Lipinski definition) is 4. The average Bonchev–Trinajstić information content (AvgIpc) is 2.68. The molecule has 5 nitrogen and oxygen atoms in total. The first-order valence-corrected chi connectivity index (χ1v) is 12.0. The van der Waals surface area contributed by atoms with Crippen LogP contribution in [0, 0.1) is 0 Å². The van der Waals surface area contributed by atoms with Gasteiger partial charge in [0.15, 0.2) is 0 Å². The Hall–Kier alpha value is -0.750. The number of carbonyl (C=O) groups is 2. The standard InChI is InChI=1S/C22H45N3O2S/c1-2-3-4-5-6-7-8-9-10-11-12-13-14-18-21(26)24-19-16-15-17-20(25-28)22(23)27/h20,25,28H,2-19H2,1H3,(H2,23,27)(H,24,26). The Morgan fingerprint density at radius 1 is 0.786 bits per heavy atom. The lowest BCUT2D eigenvalue weighted by Crippen LogP contribution is -2.36. The third kappa shape index (κ3) is 18.6. The summed E-state index contributed by atoms with van der Waals surface area (Å²) >= 11 is 3.89. The maximum absolute atomic E-state index is 11.8. The summed E-state index contributed by atoms with van der Waals surface area (Å²) in [7, 11) is 0. The minimum atomic E-state index is -0.398. The van der Waals surface area contributed by atoms with Crippen LogP contribution in [-0.4, -0.2) is 24.4 Å². The summed E-state index contributed by atoms with van der Waals surface area (Å²) in [6.45, 7) is 2.93. The van der Waals surface area contributed by atoms with E-state index in [2.05, 4.69) is 29.8 Å². The van der Waals surface area contributed by atoms with E-state index in [-0.39, 0.29) is 11.8 Å². The number of unbranched alkanes of at least 4 members (excludes halogenated alkanes) is 13. The fourth-order valence-electron chi connectivity index (χ4n) is 3.36. The molecule has 0 rings (SSSR count). The number of rotatable bonds is 21. The predicted octanol–water partition coefficient (Wildman–Crippen LogP) is 5.04. The summed E-state index contributed by atoms with van der Waals surface area (Å²) in [5.41, 5.74) is 5.23. The molecule has 166 valence electrons. The molecule has 0 heterocycles. The fraction of sp³-hybridized carbons (Fsp3) is 0.909. The van der Waals surface area contributed by atoms with Gasteiger partial charge in [0.1, 0.15) is 0 Å². The van der Waals surface area contributed by atoms with Crippen molar-refractivity contribution < 1.29 is 9.59 Å². The van der Waals surface area contributed by atoms with Crippen LogP contribution in [0.1, 0.15) is 116 Å². The van der Waals surface area contributed by atoms with Crippen LogP contribution >= 0.6 is 12.8 Å². The second-order valence-electron chi connectivity index (χ2n) is 7.92. The highest BCUT2D eigenvalue weighted by Crippen LogP contribution is 2.13. The highest BCUT2D eigenvalue weighted by Gasteiger charge is 2.11. The molecular formula is C22H45N3O2S. The van der Waals surface area contributed by atoms with E-state index in [9.17, 15) is 9.59 Å². The minimum absolute atomic E-state index is 0.141. The van der Waals surface area contributed by atoms with Crippen molar-refractivity contribution in [2.45, 2.75) is 122 Å². The third-order valence-electron chi connectivity index (χ3n) is 5.25. The van der Waals surface area contributed by atoms with Gasteiger partial charge in [0.2, 0.25) is 11.8 Å². The van der Waals surface area contributed by atoms with Crippen LogP contribution in [0.2, 0.25) is 0 Å². The molecule has 28 heavy (non-hydrogen) atoms. The van der Waals surface area contributed by atoms with Gasteiger partial charge in [0.25, 0.3) is 0 Å². The van der Waals surface area contributed by atoms with Crippen LogP contribution in [0.5, 0.6) is 0 Å². The van der Waals surface area contributed by atoms with Crippen LogP contribution in [0.25, 0.3) is 0 Å². The van der Waals surface area contributed by atoms with Gasteiger partial charge < -0.3 is 11.1 Å². The van der Waals surface area contributed by atoms with Gasteiger partial charge in [-0.3, -0.25) is 14.3 Å². The highest BCUT2D eigenvalue weighted by molar-refractivity contribution is 7.78. The lowest BCUT2D eigenvalue weighted by molar-refractivity contribution is -0.121. The van der Waals surface area contributed by atoms with Gasteiger partial charge in [-0.25, -0.2) is 0 Å². The van der Waals surface area contributed by atoms with E-state index in [1.165, 1.54) is 70.6 Å². The molecule has 4 N–H and O–H groups in total. The number of thiol groups is 1. The number of nitrogens with two attached hydrogens (primary N) is 1. The van der Waals surface area contributed by atoms with Crippen molar-refractivity contribution in [3.63, 3.8) is 0 Å². The van der Waals surface area contributed by atoms with Gasteiger partial charge in [-0.05, 0) is 25.7 Å². The zero-order valence-electron chi connectivity index (χ0n) is 18.1. The molecule has 6 heteroatoms. The van der Waals surface area contributed by atoms with Crippen LogP contribution in [0.15, 0.2) is 0 Å². The fourth-order valence-corrected chi connectivity index (χ4v) is 3.62. The van der Waals surface area contributed by atoms with Crippen molar-refractivity contribution in [3.8, 4) is 0 Å². The molecule has 0 bridgehead atoms. The molecule has 0 fully saturated rings. The molecule has 0 aromatic heterocycles. The normalized spacial score (nSPS) is 12.1. The summed E-state index contributed by atoms with van der Waals surface area (Å²) in [4.78, 5) is 22.8. The quantitative estimate of drug-likeness (QED) is 0.156. The molecule has 0 aliphatic carbocycles. The Morgan fingerprint density at radius 3 is 1.75 bits per heavy atom. The molecule has 0 aromatic rings. The van der Waals surface area contributed by atoms with E-state index in [1.807, 2.05) is 0 Å². The molecular weight excluding hydrogens is 370 g/mol. The molecule has 0 aliphatic heterocycles. The number of amides is 2. The van der Waals surface area contributed by atoms with Gasteiger partial charge in [-0.15, -0.1) is 0 Å². The molecule has 0 saturated heterocycles. The second-order valence-corrected chi connectivity index (χ2v) is 8.18. The van der Waals surface area contributed by atoms with Crippen molar-refractivity contribution in [2.24, 2.45) is 5.73 Å². The smallest absolute Gasteiger partial charge is 0.235 e. The first kappa shape index (κ1) is 27.2. The monoisotopic (exact) mass is 415 g/mol. The molecule has 0 aromatic carbocycles. The van der Waals surface area contributed by atoms with E-state index in [1.54, 1.807) is 0 Å². The van der Waals surface area contributed by atoms with E-state index < -0.39 is 6.04 Å². The van der Waals surface area contributed by atoms with Crippen molar-refractivity contribution >= 4 is 24.6 Å². The van der Waals surface area contributed by atoms with Crippen LogP contribution < -0.4 is 15.8 Å². The van der Waals surface area contributed by atoms with Crippen LogP contribution in [0.4, 0.5) is 0 Å². The highest BCUT2D eigenvalue weighted by atomic mass is 32.1. The first-order valence-electron chi connectivity index (χ1n) is 11.6. The largest absolute Gasteiger partial charge is 0.368 e. The lowest BCUT2D eigenvalue weighted by atomic mass is 10.0. The maximum Gasteiger partial charge on any atom is 0.235 e. The molecule has 0 radical (unpaired) electrons. The Bertz CT molecular complexity index is 381. The summed E-state index contributed by atoms with van der Waals surface area (Å²) in [5.74, 6) is -0.247. The van der Waals surface area contributed by atoms with Crippen molar-refractivity contribution in [1.29, 1.82) is 0 Å². The number of nitrogens with one attached hydrogen (secondary N) is 2. The maximum atomic E-state index is 11.8. The number of hydrogen-bond donors (Lipinski definition) is 4. The van der Waals surface area contributed by atoms with Crippen molar-refractivity contribution in [1.82, 2.24) is 10.0 Å². The van der Waals surface area contributed by atoms with Crippen LogP contribution in [0.3, 0.4) is 0 Å². The molecule has 0 aliphatic rings. The topological polar surface area (TPSA) is 84.2 Å². The van der Waals surface area contributed by atoms with Gasteiger partial charge >= 0.3 is 0 Å². The van der Waals surface area contributed by atoms with Gasteiger partial charge in [-0.1, -0.05) is 96.8 Å². The second kappa shape index (κ2) is 21.0. The molecule has 2 amide bonds. The Labute approximate surface area is 178 Å². The zero-order chi connectivity index (χ0) is 20.9. The molecule has 0 saturated carbocycles. The molecule has 1 atom stereocenters. The average molecular weight is 416 g/mol. The summed E-state index contributed by atoms with van der Waals surface area (Å²) in [5, 5.41) is 2.95. The number of carbonyl (C=O) groups excluding carboxylic acids is 2. The van der Waals surface area contributed by atoms with Gasteiger partial charge in [-0.2, -0.15) is 0 Å². The molecule has 0 spiro atoms. The lowest BCUT2D eigenvalue weighted by Gasteiger charge is -2.11. The van der Waals surface area contributed by atoms with Crippen molar-refractivity contribution in [2.75, 3.05) is 6.54 Å². The van der Waals surface area contributed by atoms with Gasteiger partial charge in [0, 0.05) is 13.0 Å². The Balaban J connectivity index is 3.28. The summed E-state index contributed by atoms with van der Waals surface area (Å²) in [6.07, 6.45) is 20.1. The Morgan fingerprint density at radius 2 is 1.29 bits per heavy atom. The van der Waals surface area contributed by atoms with E-state index in [4.69, 9.17) is 5.73 Å². The van der Waals surface area contributed by atoms with Crippen molar-refractivity contribution in [3.05, 3.63) is 0 Å². The first-order chi connectivity index (χ1) is 13.6.